The van der Waals surface area contributed by atoms with Crippen molar-refractivity contribution in [3.05, 3.63) is 96.6 Å². The van der Waals surface area contributed by atoms with Crippen molar-refractivity contribution in [2.45, 2.75) is 6.92 Å². The van der Waals surface area contributed by atoms with Crippen molar-refractivity contribution in [1.82, 2.24) is 0 Å². The van der Waals surface area contributed by atoms with Gasteiger partial charge in [-0.3, -0.25) is 0 Å². The molecule has 0 unspecified atom stereocenters. The van der Waals surface area contributed by atoms with Crippen LogP contribution in [0.3, 0.4) is 0 Å². The SMILES string of the molecule is Cc1ccccc1-c1ccccc1-c1cccc2sc3ccccc3c12. The molecular formula is C25H18S. The highest BCUT2D eigenvalue weighted by Crippen LogP contribution is 2.42. The van der Waals surface area contributed by atoms with E-state index in [4.69, 9.17) is 0 Å². The van der Waals surface area contributed by atoms with Crippen LogP contribution in [0.15, 0.2) is 91.0 Å². The van der Waals surface area contributed by atoms with Gasteiger partial charge in [0.05, 0.1) is 0 Å². The van der Waals surface area contributed by atoms with Crippen LogP contribution in [0, 0.1) is 6.92 Å². The van der Waals surface area contributed by atoms with Gasteiger partial charge in [0.2, 0.25) is 0 Å². The van der Waals surface area contributed by atoms with Crippen LogP contribution in [0.2, 0.25) is 0 Å². The first-order valence-electron chi connectivity index (χ1n) is 8.88. The average molecular weight is 350 g/mol. The van der Waals surface area contributed by atoms with Gasteiger partial charge in [-0.25, -0.2) is 0 Å². The fourth-order valence-corrected chi connectivity index (χ4v) is 4.96. The summed E-state index contributed by atoms with van der Waals surface area (Å²) in [4.78, 5) is 0. The predicted molar refractivity (Wildman–Crippen MR) is 115 cm³/mol. The van der Waals surface area contributed by atoms with E-state index in [2.05, 4.69) is 97.9 Å². The average Bonchev–Trinajstić information content (AvgIpc) is 3.07. The van der Waals surface area contributed by atoms with E-state index in [1.807, 2.05) is 11.3 Å². The van der Waals surface area contributed by atoms with E-state index < -0.39 is 0 Å². The highest BCUT2D eigenvalue weighted by Gasteiger charge is 2.14. The van der Waals surface area contributed by atoms with Gasteiger partial charge >= 0.3 is 0 Å². The van der Waals surface area contributed by atoms with Crippen molar-refractivity contribution in [3.63, 3.8) is 0 Å². The predicted octanol–water partition coefficient (Wildman–Crippen LogP) is 7.70. The Bertz CT molecular complexity index is 1240. The molecule has 4 aromatic carbocycles. The van der Waals surface area contributed by atoms with Crippen molar-refractivity contribution in [1.29, 1.82) is 0 Å². The first-order chi connectivity index (χ1) is 12.8. The van der Waals surface area contributed by atoms with Gasteiger partial charge in [-0.05, 0) is 46.9 Å². The molecular weight excluding hydrogens is 332 g/mol. The fraction of sp³-hybridized carbons (Fsp3) is 0.0400. The Hall–Kier alpha value is -2.90. The van der Waals surface area contributed by atoms with Crippen LogP contribution in [0.25, 0.3) is 42.4 Å². The third kappa shape index (κ3) is 2.36. The van der Waals surface area contributed by atoms with Gasteiger partial charge in [0, 0.05) is 20.2 Å². The Morgan fingerprint density at radius 3 is 1.88 bits per heavy atom. The molecule has 0 aliphatic heterocycles. The van der Waals surface area contributed by atoms with Crippen LogP contribution < -0.4 is 0 Å². The second kappa shape index (κ2) is 6.12. The zero-order chi connectivity index (χ0) is 17.5. The summed E-state index contributed by atoms with van der Waals surface area (Å²) in [6, 6.07) is 32.8. The Balaban J connectivity index is 1.87. The molecule has 0 bridgehead atoms. The molecule has 0 atom stereocenters. The van der Waals surface area contributed by atoms with Gasteiger partial charge in [-0.15, -0.1) is 11.3 Å². The molecule has 124 valence electrons. The molecule has 0 aliphatic carbocycles. The van der Waals surface area contributed by atoms with E-state index in [0.717, 1.165) is 0 Å². The lowest BCUT2D eigenvalue weighted by molar-refractivity contribution is 1.46. The van der Waals surface area contributed by atoms with Crippen molar-refractivity contribution < 1.29 is 0 Å². The molecule has 0 N–H and O–H groups in total. The lowest BCUT2D eigenvalue weighted by Crippen LogP contribution is -1.88. The first kappa shape index (κ1) is 15.4. The Morgan fingerprint density at radius 2 is 1.08 bits per heavy atom. The molecule has 0 saturated carbocycles. The standard InChI is InChI=1S/C25H18S/c1-17-9-2-3-10-18(17)19-11-4-5-12-20(19)21-14-8-16-24-25(21)22-13-6-7-15-23(22)26-24/h2-16H,1H3. The summed E-state index contributed by atoms with van der Waals surface area (Å²) < 4.78 is 2.70. The number of hydrogen-bond donors (Lipinski definition) is 0. The minimum absolute atomic E-state index is 1.30. The second-order valence-corrected chi connectivity index (χ2v) is 7.72. The highest BCUT2D eigenvalue weighted by molar-refractivity contribution is 7.25. The summed E-state index contributed by atoms with van der Waals surface area (Å²) in [5, 5.41) is 2.72. The summed E-state index contributed by atoms with van der Waals surface area (Å²) >= 11 is 1.88. The first-order valence-corrected chi connectivity index (χ1v) is 9.70. The van der Waals surface area contributed by atoms with Crippen LogP contribution >= 0.6 is 11.3 Å². The number of rotatable bonds is 2. The van der Waals surface area contributed by atoms with Crippen molar-refractivity contribution in [3.8, 4) is 22.3 Å². The van der Waals surface area contributed by atoms with Gasteiger partial charge in [-0.2, -0.15) is 0 Å². The van der Waals surface area contributed by atoms with Crippen molar-refractivity contribution in [2.75, 3.05) is 0 Å². The van der Waals surface area contributed by atoms with E-state index in [1.54, 1.807) is 0 Å². The van der Waals surface area contributed by atoms with Crippen LogP contribution in [0.4, 0.5) is 0 Å². The Labute approximate surface area is 157 Å². The smallest absolute Gasteiger partial charge is 0.0361 e. The van der Waals surface area contributed by atoms with Gasteiger partial charge < -0.3 is 0 Å². The minimum Gasteiger partial charge on any atom is -0.135 e. The van der Waals surface area contributed by atoms with E-state index >= 15 is 0 Å². The molecule has 0 saturated heterocycles. The molecule has 5 aromatic rings. The summed E-state index contributed by atoms with van der Waals surface area (Å²) in [6.45, 7) is 2.19. The quantitative estimate of drug-likeness (QED) is 0.306. The normalized spacial score (nSPS) is 11.3. The summed E-state index contributed by atoms with van der Waals surface area (Å²) in [5.74, 6) is 0. The molecule has 1 heterocycles. The van der Waals surface area contributed by atoms with E-state index in [1.165, 1.54) is 48.0 Å². The summed E-state index contributed by atoms with van der Waals surface area (Å²) in [6.07, 6.45) is 0. The number of benzene rings is 4. The van der Waals surface area contributed by atoms with Crippen LogP contribution in [-0.2, 0) is 0 Å². The molecule has 0 nitrogen and oxygen atoms in total. The van der Waals surface area contributed by atoms with E-state index in [-0.39, 0.29) is 0 Å². The highest BCUT2D eigenvalue weighted by atomic mass is 32.1. The molecule has 5 rings (SSSR count). The second-order valence-electron chi connectivity index (χ2n) is 6.64. The Kier molecular flexibility index (Phi) is 3.62. The van der Waals surface area contributed by atoms with Gasteiger partial charge in [-0.1, -0.05) is 78.9 Å². The van der Waals surface area contributed by atoms with Gasteiger partial charge in [0.25, 0.3) is 0 Å². The van der Waals surface area contributed by atoms with Crippen LogP contribution in [0.5, 0.6) is 0 Å². The number of fused-ring (bicyclic) bond motifs is 3. The monoisotopic (exact) mass is 350 g/mol. The molecule has 0 aliphatic rings. The van der Waals surface area contributed by atoms with Crippen molar-refractivity contribution in [2.24, 2.45) is 0 Å². The third-order valence-corrected chi connectivity index (χ3v) is 6.19. The topological polar surface area (TPSA) is 0 Å². The zero-order valence-electron chi connectivity index (χ0n) is 14.6. The molecule has 26 heavy (non-hydrogen) atoms. The lowest BCUT2D eigenvalue weighted by Gasteiger charge is -2.13. The van der Waals surface area contributed by atoms with Crippen LogP contribution in [-0.4, -0.2) is 0 Å². The molecule has 0 fully saturated rings. The summed E-state index contributed by atoms with van der Waals surface area (Å²) in [5.41, 5.74) is 6.53. The van der Waals surface area contributed by atoms with Crippen molar-refractivity contribution >= 4 is 31.5 Å². The van der Waals surface area contributed by atoms with Crippen LogP contribution in [0.1, 0.15) is 5.56 Å². The molecule has 1 aromatic heterocycles. The summed E-state index contributed by atoms with van der Waals surface area (Å²) in [7, 11) is 0. The molecule has 0 amide bonds. The zero-order valence-corrected chi connectivity index (χ0v) is 15.4. The maximum absolute atomic E-state index is 2.26. The molecule has 0 radical (unpaired) electrons. The third-order valence-electron chi connectivity index (χ3n) is 5.06. The molecule has 1 heteroatoms. The fourth-order valence-electron chi connectivity index (χ4n) is 3.83. The number of aryl methyl sites for hydroxylation is 1. The number of thiophene rings is 1. The van der Waals surface area contributed by atoms with Gasteiger partial charge in [0.1, 0.15) is 0 Å². The number of hydrogen-bond acceptors (Lipinski definition) is 1. The molecule has 0 spiro atoms. The largest absolute Gasteiger partial charge is 0.135 e. The van der Waals surface area contributed by atoms with E-state index in [9.17, 15) is 0 Å². The maximum Gasteiger partial charge on any atom is 0.0361 e. The lowest BCUT2D eigenvalue weighted by atomic mass is 9.90. The Morgan fingerprint density at radius 1 is 0.500 bits per heavy atom. The van der Waals surface area contributed by atoms with Gasteiger partial charge in [0.15, 0.2) is 0 Å². The van der Waals surface area contributed by atoms with E-state index in [0.29, 0.717) is 0 Å². The maximum atomic E-state index is 2.26. The minimum atomic E-state index is 1.30.